The molecule has 362 valence electrons. The van der Waals surface area contributed by atoms with E-state index in [1.54, 1.807) is 13.8 Å². The Morgan fingerprint density at radius 1 is 0.803 bits per heavy atom. The Hall–Kier alpha value is -1.63. The molecule has 0 aliphatic heterocycles. The van der Waals surface area contributed by atoms with Crippen LogP contribution >= 0.6 is 0 Å². The van der Waals surface area contributed by atoms with E-state index in [0.29, 0.717) is 40.1 Å². The lowest BCUT2D eigenvalue weighted by atomic mass is 9.42. The molecular weight excluding hydrogens is 755 g/mol. The lowest BCUT2D eigenvalue weighted by Gasteiger charge is -2.64. The number of nitrogens with two attached hydrogens (primary N) is 1. The highest BCUT2D eigenvalue weighted by molar-refractivity contribution is 5.65. The highest BCUT2D eigenvalue weighted by Crippen LogP contribution is 2.68. The Balaban J connectivity index is -0.00000161. The third kappa shape index (κ3) is 17.0. The van der Waals surface area contributed by atoms with Crippen LogP contribution in [0.2, 0.25) is 0 Å². The molecule has 6 nitrogen and oxygen atoms in total. The average molecular weight is 862 g/mol. The maximum atomic E-state index is 10.1. The Labute approximate surface area is 381 Å². The summed E-state index contributed by atoms with van der Waals surface area (Å²) in [5.74, 6) is 4.92. The number of fused-ring (bicyclic) bond motifs is 2. The molecule has 4 fully saturated rings. The zero-order valence-corrected chi connectivity index (χ0v) is 44.2. The number of methoxy groups -OCH3 is 1. The number of ether oxygens (including phenoxy) is 1. The topological polar surface area (TPSA) is 107 Å². The van der Waals surface area contributed by atoms with E-state index in [4.69, 9.17) is 14.6 Å². The van der Waals surface area contributed by atoms with Gasteiger partial charge in [0, 0.05) is 26.1 Å². The molecule has 4 aliphatic rings. The van der Waals surface area contributed by atoms with Crippen molar-refractivity contribution in [2.45, 2.75) is 220 Å². The predicted octanol–water partition coefficient (Wildman–Crippen LogP) is 14.7. The molecule has 0 aromatic rings. The van der Waals surface area contributed by atoms with Gasteiger partial charge < -0.3 is 30.0 Å². The maximum absolute atomic E-state index is 10.1. The van der Waals surface area contributed by atoms with Crippen LogP contribution in [0.25, 0.3) is 0 Å². The summed E-state index contributed by atoms with van der Waals surface area (Å²) in [6.07, 6.45) is 32.9. The van der Waals surface area contributed by atoms with Crippen LogP contribution in [0.15, 0.2) is 24.3 Å². The van der Waals surface area contributed by atoms with E-state index in [0.717, 1.165) is 49.3 Å². The van der Waals surface area contributed by atoms with E-state index in [-0.39, 0.29) is 5.41 Å². The van der Waals surface area contributed by atoms with E-state index < -0.39 is 5.41 Å². The normalized spacial score (nSPS) is 30.0. The number of carbonyl (C=O) groups excluding carboxylic acids is 3. The van der Waals surface area contributed by atoms with Gasteiger partial charge in [0.2, 0.25) is 0 Å². The number of hydrogen-bond donors (Lipinski definition) is 2. The van der Waals surface area contributed by atoms with Gasteiger partial charge in [-0.25, -0.2) is 0 Å². The summed E-state index contributed by atoms with van der Waals surface area (Å²) in [6, 6.07) is 0. The van der Waals surface area contributed by atoms with Crippen LogP contribution in [0.4, 0.5) is 0 Å². The summed E-state index contributed by atoms with van der Waals surface area (Å²) in [4.78, 5) is 27.9. The zero-order valence-electron chi connectivity index (χ0n) is 44.2. The van der Waals surface area contributed by atoms with Crippen molar-refractivity contribution in [2.24, 2.45) is 73.7 Å². The molecule has 61 heavy (non-hydrogen) atoms. The van der Waals surface area contributed by atoms with Gasteiger partial charge in [0.05, 0.1) is 6.10 Å². The summed E-state index contributed by atoms with van der Waals surface area (Å²) in [5, 5.41) is 7.00. The highest BCUT2D eigenvalue weighted by Gasteiger charge is 2.61. The number of hydrogen-bond acceptors (Lipinski definition) is 6. The lowest BCUT2D eigenvalue weighted by molar-refractivity contribution is -0.178. The molecule has 0 amide bonds. The monoisotopic (exact) mass is 862 g/mol. The Morgan fingerprint density at radius 2 is 1.39 bits per heavy atom. The van der Waals surface area contributed by atoms with Gasteiger partial charge in [-0.1, -0.05) is 134 Å². The van der Waals surface area contributed by atoms with Crippen LogP contribution in [0.5, 0.6) is 0 Å². The standard InChI is InChI=1S/C42H74O.C6H10O2.2C2H6.CH5N.CH4O.CH2O/c1-12-14-15-16-17-20-32(31(3)19-13-2)42-26-18-21-34(42)33(38(4,5)29-30-42)22-23-35-39(6,7)27-24-36-40(8,9)37(43-11)25-28-41(35,36)10;1-6(2,5-8)3-4-7;5*1-2/h12-14,19,31-37H,15-18,20-30H2,1-11H3;4-5H,3H2,1-2H3;2*1-2H3;2H2,1H3;2H,1H3;1H2/b14-12-,19-13-;;;;;;. The lowest BCUT2D eigenvalue weighted by Crippen LogP contribution is -2.58. The molecule has 9 unspecified atom stereocenters. The second kappa shape index (κ2) is 31.3. The van der Waals surface area contributed by atoms with Gasteiger partial charge in [0.25, 0.3) is 0 Å². The number of unbranched alkanes of at least 4 members (excludes halogenated alkanes) is 2. The van der Waals surface area contributed by atoms with E-state index in [2.05, 4.69) is 99.3 Å². The van der Waals surface area contributed by atoms with Gasteiger partial charge in [-0.3, -0.25) is 0 Å². The molecule has 0 aromatic heterocycles. The molecule has 0 bridgehead atoms. The van der Waals surface area contributed by atoms with Crippen LogP contribution in [0.1, 0.15) is 214 Å². The molecule has 6 heteroatoms. The first kappa shape index (κ1) is 63.7. The van der Waals surface area contributed by atoms with Crippen molar-refractivity contribution in [1.82, 2.24) is 0 Å². The van der Waals surface area contributed by atoms with Crippen LogP contribution < -0.4 is 5.73 Å². The van der Waals surface area contributed by atoms with Gasteiger partial charge in [0.15, 0.2) is 0 Å². The summed E-state index contributed by atoms with van der Waals surface area (Å²) >= 11 is 0. The van der Waals surface area contributed by atoms with Crippen LogP contribution in [-0.2, 0) is 19.1 Å². The molecule has 4 rings (SSSR count). The van der Waals surface area contributed by atoms with Crippen molar-refractivity contribution >= 4 is 19.4 Å². The molecule has 3 N–H and O–H groups in total. The maximum Gasteiger partial charge on any atom is 0.126 e. The SMILES string of the molecule is C/C=C\CCCCC(C(C)/C=C\C)C12CCCC1C(CCC1C(C)(C)CCC3C(C)(C)C(OC)CCC13C)C(C)(C)CC2.C=O.CC.CC.CC(C)(C=O)CC=O.CN.CO. The summed E-state index contributed by atoms with van der Waals surface area (Å²) in [7, 11) is 4.46. The highest BCUT2D eigenvalue weighted by atomic mass is 16.5. The molecule has 0 radical (unpaired) electrons. The van der Waals surface area contributed by atoms with E-state index >= 15 is 0 Å². The van der Waals surface area contributed by atoms with Crippen molar-refractivity contribution in [3.63, 3.8) is 0 Å². The minimum atomic E-state index is -0.457. The fraction of sp³-hybridized carbons (Fsp3) is 0.873. The van der Waals surface area contributed by atoms with Crippen molar-refractivity contribution < 1.29 is 24.2 Å². The van der Waals surface area contributed by atoms with Gasteiger partial charge in [0.1, 0.15) is 19.4 Å². The minimum Gasteiger partial charge on any atom is -0.400 e. The van der Waals surface area contributed by atoms with Crippen molar-refractivity contribution in [2.75, 3.05) is 21.3 Å². The largest absolute Gasteiger partial charge is 0.400 e. The van der Waals surface area contributed by atoms with Crippen molar-refractivity contribution in [3.05, 3.63) is 24.3 Å². The van der Waals surface area contributed by atoms with E-state index in [1.165, 1.54) is 103 Å². The van der Waals surface area contributed by atoms with Crippen LogP contribution in [0, 0.1) is 68.0 Å². The number of rotatable bonds is 15. The molecule has 0 heterocycles. The molecular formula is C55H107NO5. The number of aldehydes is 2. The minimum absolute atomic E-state index is 0.268. The first-order valence-corrected chi connectivity index (χ1v) is 24.8. The van der Waals surface area contributed by atoms with Crippen molar-refractivity contribution in [3.8, 4) is 0 Å². The molecule has 4 aliphatic carbocycles. The van der Waals surface area contributed by atoms with Gasteiger partial charge in [-0.15, -0.1) is 0 Å². The molecule has 9 atom stereocenters. The van der Waals surface area contributed by atoms with Crippen LogP contribution in [-0.4, -0.2) is 51.8 Å². The quantitative estimate of drug-likeness (QED) is 0.0965. The van der Waals surface area contributed by atoms with Crippen LogP contribution in [0.3, 0.4) is 0 Å². The van der Waals surface area contributed by atoms with Crippen molar-refractivity contribution in [1.29, 1.82) is 0 Å². The molecule has 0 spiro atoms. The Kier molecular flexibility index (Phi) is 32.6. The van der Waals surface area contributed by atoms with Gasteiger partial charge in [-0.05, 0) is 167 Å². The Bertz CT molecular complexity index is 1190. The van der Waals surface area contributed by atoms with Gasteiger partial charge >= 0.3 is 0 Å². The number of allylic oxidation sites excluding steroid dienone is 4. The first-order chi connectivity index (χ1) is 28.8. The number of carbonyl (C=O) groups is 3. The smallest absolute Gasteiger partial charge is 0.126 e. The second-order valence-corrected chi connectivity index (χ2v) is 20.9. The predicted molar refractivity (Wildman–Crippen MR) is 267 cm³/mol. The zero-order chi connectivity index (χ0) is 48.3. The summed E-state index contributed by atoms with van der Waals surface area (Å²) in [6.45, 7) is 38.9. The van der Waals surface area contributed by atoms with E-state index in [9.17, 15) is 9.59 Å². The van der Waals surface area contributed by atoms with E-state index in [1.807, 2.05) is 41.6 Å². The fourth-order valence-electron chi connectivity index (χ4n) is 13.4. The molecule has 0 aromatic carbocycles. The Morgan fingerprint density at radius 3 is 1.89 bits per heavy atom. The average Bonchev–Trinajstić information content (AvgIpc) is 3.68. The van der Waals surface area contributed by atoms with Gasteiger partial charge in [-0.2, -0.15) is 0 Å². The fourth-order valence-corrected chi connectivity index (χ4v) is 13.4. The summed E-state index contributed by atoms with van der Waals surface area (Å²) in [5.41, 5.74) is 6.20. The number of aliphatic hydroxyl groups excluding tert-OH is 1. The number of aliphatic hydroxyl groups is 1. The molecule has 4 saturated carbocycles. The first-order valence-electron chi connectivity index (χ1n) is 24.8. The summed E-state index contributed by atoms with van der Waals surface area (Å²) < 4.78 is 6.13. The third-order valence-electron chi connectivity index (χ3n) is 16.1. The second-order valence-electron chi connectivity index (χ2n) is 20.9. The molecule has 0 saturated heterocycles. The third-order valence-corrected chi connectivity index (χ3v) is 16.1.